The van der Waals surface area contributed by atoms with Crippen LogP contribution in [0, 0.1) is 11.8 Å². The van der Waals surface area contributed by atoms with Gasteiger partial charge in [0.2, 0.25) is 5.91 Å². The lowest BCUT2D eigenvalue weighted by atomic mass is 9.76. The van der Waals surface area contributed by atoms with E-state index < -0.39 is 0 Å². The SMILES string of the molecule is CCCN1C(=O)CC(C(=O)OC)C12CCN(CCC(C)C)CC2. The molecule has 132 valence electrons. The Kier molecular flexibility index (Phi) is 6.06. The normalized spacial score (nSPS) is 24.7. The second-order valence-electron chi connectivity index (χ2n) is 7.45. The zero-order valence-corrected chi connectivity index (χ0v) is 15.1. The van der Waals surface area contributed by atoms with Crippen LogP contribution in [0.5, 0.6) is 0 Å². The summed E-state index contributed by atoms with van der Waals surface area (Å²) >= 11 is 0. The number of piperidine rings is 1. The molecule has 1 amide bonds. The van der Waals surface area contributed by atoms with Crippen molar-refractivity contribution in [2.45, 2.75) is 58.4 Å². The first-order valence-corrected chi connectivity index (χ1v) is 9.05. The Morgan fingerprint density at radius 3 is 2.48 bits per heavy atom. The van der Waals surface area contributed by atoms with Crippen LogP contribution in [0.2, 0.25) is 0 Å². The summed E-state index contributed by atoms with van der Waals surface area (Å²) in [5.41, 5.74) is -0.311. The molecule has 0 aliphatic carbocycles. The first-order valence-electron chi connectivity index (χ1n) is 9.05. The van der Waals surface area contributed by atoms with Crippen LogP contribution in [0.25, 0.3) is 0 Å². The average molecular weight is 324 g/mol. The first kappa shape index (κ1) is 18.2. The van der Waals surface area contributed by atoms with Crippen molar-refractivity contribution >= 4 is 11.9 Å². The highest BCUT2D eigenvalue weighted by Crippen LogP contribution is 2.44. The summed E-state index contributed by atoms with van der Waals surface area (Å²) in [5.74, 6) is 0.322. The highest BCUT2D eigenvalue weighted by molar-refractivity contribution is 5.89. The van der Waals surface area contributed by atoms with E-state index in [9.17, 15) is 9.59 Å². The number of esters is 1. The number of amides is 1. The van der Waals surface area contributed by atoms with Crippen LogP contribution in [-0.2, 0) is 14.3 Å². The second kappa shape index (κ2) is 7.65. The van der Waals surface area contributed by atoms with Gasteiger partial charge in [0.05, 0.1) is 18.6 Å². The maximum atomic E-state index is 12.5. The number of rotatable bonds is 6. The Hall–Kier alpha value is -1.10. The zero-order chi connectivity index (χ0) is 17.0. The van der Waals surface area contributed by atoms with Crippen molar-refractivity contribution in [2.75, 3.05) is 33.3 Å². The lowest BCUT2D eigenvalue weighted by Crippen LogP contribution is -2.57. The topological polar surface area (TPSA) is 49.9 Å². The molecular formula is C18H32N2O3. The summed E-state index contributed by atoms with van der Waals surface area (Å²) < 4.78 is 5.01. The summed E-state index contributed by atoms with van der Waals surface area (Å²) in [7, 11) is 1.43. The third-order valence-corrected chi connectivity index (χ3v) is 5.54. The van der Waals surface area contributed by atoms with E-state index in [4.69, 9.17) is 4.74 Å². The quantitative estimate of drug-likeness (QED) is 0.704. The van der Waals surface area contributed by atoms with E-state index >= 15 is 0 Å². The van der Waals surface area contributed by atoms with Crippen LogP contribution >= 0.6 is 0 Å². The Labute approximate surface area is 140 Å². The van der Waals surface area contributed by atoms with Gasteiger partial charge in [-0.2, -0.15) is 0 Å². The fourth-order valence-corrected chi connectivity index (χ4v) is 4.15. The van der Waals surface area contributed by atoms with Gasteiger partial charge in [-0.25, -0.2) is 0 Å². The van der Waals surface area contributed by atoms with Gasteiger partial charge in [-0.05, 0) is 38.1 Å². The summed E-state index contributed by atoms with van der Waals surface area (Å²) in [4.78, 5) is 29.2. The first-order chi connectivity index (χ1) is 10.9. The molecule has 2 saturated heterocycles. The molecule has 1 unspecified atom stereocenters. The number of hydrogen-bond donors (Lipinski definition) is 0. The van der Waals surface area contributed by atoms with Crippen LogP contribution in [0.3, 0.4) is 0 Å². The van der Waals surface area contributed by atoms with E-state index in [1.165, 1.54) is 13.5 Å². The Morgan fingerprint density at radius 1 is 1.30 bits per heavy atom. The van der Waals surface area contributed by atoms with Gasteiger partial charge in [-0.3, -0.25) is 9.59 Å². The van der Waals surface area contributed by atoms with Gasteiger partial charge in [-0.1, -0.05) is 20.8 Å². The Morgan fingerprint density at radius 2 is 1.96 bits per heavy atom. The summed E-state index contributed by atoms with van der Waals surface area (Å²) in [6, 6.07) is 0. The summed E-state index contributed by atoms with van der Waals surface area (Å²) in [6.45, 7) is 10.4. The molecule has 2 aliphatic heterocycles. The molecule has 0 aromatic rings. The summed E-state index contributed by atoms with van der Waals surface area (Å²) in [6.07, 6.45) is 4.22. The molecule has 2 heterocycles. The van der Waals surface area contributed by atoms with Gasteiger partial charge in [-0.15, -0.1) is 0 Å². The molecule has 0 bridgehead atoms. The van der Waals surface area contributed by atoms with E-state index in [1.807, 2.05) is 4.90 Å². The number of hydrogen-bond acceptors (Lipinski definition) is 4. The standard InChI is InChI=1S/C18H32N2O3/c1-5-9-20-16(21)13-15(17(22)23-4)18(20)7-11-19(12-8-18)10-6-14(2)3/h14-15H,5-13H2,1-4H3. The van der Waals surface area contributed by atoms with Crippen molar-refractivity contribution < 1.29 is 14.3 Å². The molecule has 5 heteroatoms. The minimum atomic E-state index is -0.311. The van der Waals surface area contributed by atoms with Crippen molar-refractivity contribution in [1.82, 2.24) is 9.80 Å². The fourth-order valence-electron chi connectivity index (χ4n) is 4.15. The number of nitrogens with zero attached hydrogens (tertiary/aromatic N) is 2. The van der Waals surface area contributed by atoms with E-state index in [2.05, 4.69) is 25.7 Å². The van der Waals surface area contributed by atoms with Crippen molar-refractivity contribution in [1.29, 1.82) is 0 Å². The number of ether oxygens (including phenoxy) is 1. The van der Waals surface area contributed by atoms with E-state index in [0.717, 1.165) is 45.4 Å². The van der Waals surface area contributed by atoms with Gasteiger partial charge < -0.3 is 14.5 Å². The zero-order valence-electron chi connectivity index (χ0n) is 15.1. The monoisotopic (exact) mass is 324 g/mol. The molecule has 0 saturated carbocycles. The molecule has 0 radical (unpaired) electrons. The molecule has 0 N–H and O–H groups in total. The smallest absolute Gasteiger partial charge is 0.311 e. The van der Waals surface area contributed by atoms with Crippen molar-refractivity contribution in [3.63, 3.8) is 0 Å². The minimum absolute atomic E-state index is 0.123. The van der Waals surface area contributed by atoms with E-state index in [1.54, 1.807) is 0 Å². The predicted octanol–water partition coefficient (Wildman–Crippen LogP) is 2.30. The van der Waals surface area contributed by atoms with Crippen LogP contribution in [0.4, 0.5) is 0 Å². The van der Waals surface area contributed by atoms with Crippen molar-refractivity contribution in [2.24, 2.45) is 11.8 Å². The van der Waals surface area contributed by atoms with Crippen LogP contribution in [0.15, 0.2) is 0 Å². The highest BCUT2D eigenvalue weighted by Gasteiger charge is 2.56. The maximum absolute atomic E-state index is 12.5. The van der Waals surface area contributed by atoms with Crippen LogP contribution in [0.1, 0.15) is 52.9 Å². The van der Waals surface area contributed by atoms with E-state index in [0.29, 0.717) is 12.3 Å². The van der Waals surface area contributed by atoms with Gasteiger partial charge >= 0.3 is 5.97 Å². The number of carbonyl (C=O) groups is 2. The fraction of sp³-hybridized carbons (Fsp3) is 0.889. The van der Waals surface area contributed by atoms with Gasteiger partial charge in [0.25, 0.3) is 0 Å². The Balaban J connectivity index is 2.11. The number of carbonyl (C=O) groups excluding carboxylic acids is 2. The largest absolute Gasteiger partial charge is 0.469 e. The van der Waals surface area contributed by atoms with Gasteiger partial charge in [0, 0.05) is 26.1 Å². The predicted molar refractivity (Wildman–Crippen MR) is 90.0 cm³/mol. The Bertz CT molecular complexity index is 428. The molecule has 2 aliphatic rings. The van der Waals surface area contributed by atoms with Gasteiger partial charge in [0.15, 0.2) is 0 Å². The van der Waals surface area contributed by atoms with Crippen LogP contribution < -0.4 is 0 Å². The molecule has 0 aromatic heterocycles. The molecule has 5 nitrogen and oxygen atoms in total. The number of methoxy groups -OCH3 is 1. The molecular weight excluding hydrogens is 292 g/mol. The number of likely N-dealkylation sites (tertiary alicyclic amines) is 2. The lowest BCUT2D eigenvalue weighted by molar-refractivity contribution is -0.150. The average Bonchev–Trinajstić information content (AvgIpc) is 2.80. The summed E-state index contributed by atoms with van der Waals surface area (Å²) in [5, 5.41) is 0. The van der Waals surface area contributed by atoms with Crippen LogP contribution in [-0.4, -0.2) is 60.5 Å². The third kappa shape index (κ3) is 3.70. The highest BCUT2D eigenvalue weighted by atomic mass is 16.5. The minimum Gasteiger partial charge on any atom is -0.469 e. The van der Waals surface area contributed by atoms with Crippen molar-refractivity contribution in [3.8, 4) is 0 Å². The third-order valence-electron chi connectivity index (χ3n) is 5.54. The molecule has 1 atom stereocenters. The lowest BCUT2D eigenvalue weighted by Gasteiger charge is -2.47. The van der Waals surface area contributed by atoms with Crippen molar-refractivity contribution in [3.05, 3.63) is 0 Å². The van der Waals surface area contributed by atoms with Gasteiger partial charge in [0.1, 0.15) is 0 Å². The molecule has 2 fully saturated rings. The molecule has 1 spiro atoms. The van der Waals surface area contributed by atoms with E-state index in [-0.39, 0.29) is 23.3 Å². The molecule has 0 aromatic carbocycles. The molecule has 23 heavy (non-hydrogen) atoms. The molecule has 2 rings (SSSR count). The maximum Gasteiger partial charge on any atom is 0.311 e. The second-order valence-corrected chi connectivity index (χ2v) is 7.45.